The van der Waals surface area contributed by atoms with E-state index in [-0.39, 0.29) is 5.91 Å². The van der Waals surface area contributed by atoms with Crippen LogP contribution in [0.5, 0.6) is 0 Å². The van der Waals surface area contributed by atoms with Gasteiger partial charge in [0.2, 0.25) is 0 Å². The first-order chi connectivity index (χ1) is 7.31. The van der Waals surface area contributed by atoms with E-state index in [0.717, 1.165) is 10.8 Å². The molecule has 3 heteroatoms. The Balaban J connectivity index is 2.48. The normalized spacial score (nSPS) is 9.53. The van der Waals surface area contributed by atoms with Crippen molar-refractivity contribution in [3.8, 4) is 6.19 Å². The van der Waals surface area contributed by atoms with E-state index < -0.39 is 0 Å². The molecule has 0 bridgehead atoms. The Bertz CT molecular complexity index is 555. The predicted molar refractivity (Wildman–Crippen MR) is 57.0 cm³/mol. The van der Waals surface area contributed by atoms with E-state index in [4.69, 9.17) is 5.26 Å². The molecule has 72 valence electrons. The average molecular weight is 196 g/mol. The Morgan fingerprint density at radius 3 is 2.60 bits per heavy atom. The molecule has 0 atom stereocenters. The molecule has 0 saturated carbocycles. The molecule has 0 unspecified atom stereocenters. The van der Waals surface area contributed by atoms with Gasteiger partial charge in [0, 0.05) is 5.56 Å². The minimum atomic E-state index is -0.372. The second-order valence-corrected chi connectivity index (χ2v) is 3.13. The molecule has 1 amide bonds. The lowest BCUT2D eigenvalue weighted by Crippen LogP contribution is -2.16. The Morgan fingerprint density at radius 1 is 1.13 bits per heavy atom. The summed E-state index contributed by atoms with van der Waals surface area (Å²) in [5.41, 5.74) is 0.496. The molecule has 0 fully saturated rings. The maximum Gasteiger partial charge on any atom is 0.264 e. The Labute approximate surface area is 86.9 Å². The fraction of sp³-hybridized carbons (Fsp3) is 0. The Hall–Kier alpha value is -2.34. The molecular weight excluding hydrogens is 188 g/mol. The van der Waals surface area contributed by atoms with E-state index in [2.05, 4.69) is 5.32 Å². The van der Waals surface area contributed by atoms with Gasteiger partial charge in [-0.3, -0.25) is 10.1 Å². The first kappa shape index (κ1) is 9.22. The van der Waals surface area contributed by atoms with Crippen molar-refractivity contribution in [2.45, 2.75) is 0 Å². The zero-order valence-corrected chi connectivity index (χ0v) is 7.90. The summed E-state index contributed by atoms with van der Waals surface area (Å²) in [6.07, 6.45) is 1.61. The Morgan fingerprint density at radius 2 is 1.87 bits per heavy atom. The summed E-state index contributed by atoms with van der Waals surface area (Å²) >= 11 is 0. The van der Waals surface area contributed by atoms with Crippen LogP contribution < -0.4 is 5.32 Å². The minimum absolute atomic E-state index is 0.372. The number of nitrogens with zero attached hydrogens (tertiary/aromatic N) is 1. The zero-order chi connectivity index (χ0) is 10.7. The number of carbonyl (C=O) groups is 1. The standard InChI is InChI=1S/C12H8N2O/c13-8-14-12(15)11-6-5-9-3-1-2-4-10(9)7-11/h1-7H,(H,14,15). The van der Waals surface area contributed by atoms with Crippen molar-refractivity contribution < 1.29 is 4.79 Å². The first-order valence-corrected chi connectivity index (χ1v) is 4.49. The number of amides is 1. The van der Waals surface area contributed by atoms with Crippen molar-refractivity contribution in [3.05, 3.63) is 48.0 Å². The van der Waals surface area contributed by atoms with E-state index in [0.29, 0.717) is 5.56 Å². The molecule has 0 aliphatic heterocycles. The molecule has 0 saturated heterocycles. The van der Waals surface area contributed by atoms with Crippen LogP contribution in [0.2, 0.25) is 0 Å². The number of fused-ring (bicyclic) bond motifs is 1. The van der Waals surface area contributed by atoms with Gasteiger partial charge in [-0.2, -0.15) is 5.26 Å². The third-order valence-corrected chi connectivity index (χ3v) is 2.18. The van der Waals surface area contributed by atoms with E-state index in [1.807, 2.05) is 30.3 Å². The van der Waals surface area contributed by atoms with Crippen molar-refractivity contribution in [1.82, 2.24) is 5.32 Å². The molecule has 2 aromatic rings. The van der Waals surface area contributed by atoms with Gasteiger partial charge in [0.1, 0.15) is 0 Å². The summed E-state index contributed by atoms with van der Waals surface area (Å²) in [4.78, 5) is 11.4. The predicted octanol–water partition coefficient (Wildman–Crippen LogP) is 2.05. The third kappa shape index (κ3) is 1.79. The van der Waals surface area contributed by atoms with Crippen LogP contribution in [0.4, 0.5) is 0 Å². The van der Waals surface area contributed by atoms with Crippen molar-refractivity contribution in [2.24, 2.45) is 0 Å². The largest absolute Gasteiger partial charge is 0.268 e. The number of nitrogens with one attached hydrogen (secondary N) is 1. The highest BCUT2D eigenvalue weighted by molar-refractivity contribution is 5.99. The second-order valence-electron chi connectivity index (χ2n) is 3.13. The monoisotopic (exact) mass is 196 g/mol. The molecule has 2 aromatic carbocycles. The third-order valence-electron chi connectivity index (χ3n) is 2.18. The van der Waals surface area contributed by atoms with E-state index in [9.17, 15) is 4.79 Å². The van der Waals surface area contributed by atoms with Crippen LogP contribution in [-0.2, 0) is 0 Å². The van der Waals surface area contributed by atoms with E-state index in [1.54, 1.807) is 18.3 Å². The Kier molecular flexibility index (Phi) is 2.34. The topological polar surface area (TPSA) is 52.9 Å². The minimum Gasteiger partial charge on any atom is -0.268 e. The molecule has 2 rings (SSSR count). The molecule has 0 spiro atoms. The number of carbonyl (C=O) groups excluding carboxylic acids is 1. The molecule has 1 N–H and O–H groups in total. The molecule has 0 radical (unpaired) electrons. The second kappa shape index (κ2) is 3.81. The lowest BCUT2D eigenvalue weighted by Gasteiger charge is -2.00. The number of nitriles is 1. The van der Waals surface area contributed by atoms with Crippen LogP contribution in [0.3, 0.4) is 0 Å². The SMILES string of the molecule is N#CNC(=O)c1ccc2ccccc2c1. The number of benzene rings is 2. The van der Waals surface area contributed by atoms with Crippen LogP contribution in [0.25, 0.3) is 10.8 Å². The molecule has 0 aliphatic rings. The number of hydrogen-bond acceptors (Lipinski definition) is 2. The first-order valence-electron chi connectivity index (χ1n) is 4.49. The highest BCUT2D eigenvalue weighted by Crippen LogP contribution is 2.15. The maximum absolute atomic E-state index is 11.4. The number of rotatable bonds is 1. The van der Waals surface area contributed by atoms with Crippen molar-refractivity contribution in [3.63, 3.8) is 0 Å². The summed E-state index contributed by atoms with van der Waals surface area (Å²) in [5, 5.41) is 12.5. The van der Waals surface area contributed by atoms with Crippen LogP contribution >= 0.6 is 0 Å². The summed E-state index contributed by atoms with van der Waals surface area (Å²) in [5.74, 6) is -0.372. The van der Waals surface area contributed by atoms with Crippen molar-refractivity contribution >= 4 is 16.7 Å². The van der Waals surface area contributed by atoms with Gasteiger partial charge in [-0.25, -0.2) is 0 Å². The number of hydrogen-bond donors (Lipinski definition) is 1. The van der Waals surface area contributed by atoms with Gasteiger partial charge in [-0.15, -0.1) is 0 Å². The summed E-state index contributed by atoms with van der Waals surface area (Å²) < 4.78 is 0. The highest BCUT2D eigenvalue weighted by Gasteiger charge is 2.04. The van der Waals surface area contributed by atoms with Gasteiger partial charge in [0.15, 0.2) is 6.19 Å². The van der Waals surface area contributed by atoms with E-state index in [1.165, 1.54) is 0 Å². The average Bonchev–Trinajstić information content (AvgIpc) is 2.29. The van der Waals surface area contributed by atoms with Crippen molar-refractivity contribution in [2.75, 3.05) is 0 Å². The molecule has 0 aliphatic carbocycles. The molecule has 0 aromatic heterocycles. The fourth-order valence-corrected chi connectivity index (χ4v) is 1.45. The van der Waals surface area contributed by atoms with Crippen molar-refractivity contribution in [1.29, 1.82) is 5.26 Å². The van der Waals surface area contributed by atoms with Crippen LogP contribution in [0.1, 0.15) is 10.4 Å². The molecular formula is C12H8N2O. The van der Waals surface area contributed by atoms with E-state index >= 15 is 0 Å². The van der Waals surface area contributed by atoms with Gasteiger partial charge >= 0.3 is 0 Å². The van der Waals surface area contributed by atoms with Crippen LogP contribution in [0, 0.1) is 11.5 Å². The van der Waals surface area contributed by atoms with Crippen LogP contribution in [-0.4, -0.2) is 5.91 Å². The molecule has 15 heavy (non-hydrogen) atoms. The van der Waals surface area contributed by atoms with Gasteiger partial charge in [0.05, 0.1) is 0 Å². The maximum atomic E-state index is 11.4. The smallest absolute Gasteiger partial charge is 0.264 e. The lowest BCUT2D eigenvalue weighted by atomic mass is 10.1. The molecule has 3 nitrogen and oxygen atoms in total. The quantitative estimate of drug-likeness (QED) is 0.560. The van der Waals surface area contributed by atoms with Gasteiger partial charge < -0.3 is 0 Å². The zero-order valence-electron chi connectivity index (χ0n) is 7.90. The van der Waals surface area contributed by atoms with Gasteiger partial charge in [0.25, 0.3) is 5.91 Å². The summed E-state index contributed by atoms with van der Waals surface area (Å²) in [6, 6.07) is 13.1. The lowest BCUT2D eigenvalue weighted by molar-refractivity contribution is 0.0973. The van der Waals surface area contributed by atoms with Gasteiger partial charge in [-0.1, -0.05) is 30.3 Å². The summed E-state index contributed by atoms with van der Waals surface area (Å²) in [6.45, 7) is 0. The van der Waals surface area contributed by atoms with Gasteiger partial charge in [-0.05, 0) is 22.9 Å². The summed E-state index contributed by atoms with van der Waals surface area (Å²) in [7, 11) is 0. The fourth-order valence-electron chi connectivity index (χ4n) is 1.45. The molecule has 0 heterocycles. The highest BCUT2D eigenvalue weighted by atomic mass is 16.1. The van der Waals surface area contributed by atoms with Crippen LogP contribution in [0.15, 0.2) is 42.5 Å².